The summed E-state index contributed by atoms with van der Waals surface area (Å²) in [7, 11) is 0. The van der Waals surface area contributed by atoms with Gasteiger partial charge in [-0.15, -0.1) is 0 Å². The Bertz CT molecular complexity index is 141. The Kier molecular flexibility index (Phi) is 6.38. The van der Waals surface area contributed by atoms with E-state index in [-0.39, 0.29) is 5.60 Å². The molecule has 0 aromatic carbocycles. The van der Waals surface area contributed by atoms with Crippen molar-refractivity contribution in [1.29, 1.82) is 0 Å². The van der Waals surface area contributed by atoms with Gasteiger partial charge in [-0.1, -0.05) is 27.7 Å². The first-order chi connectivity index (χ1) is 6.33. The molecule has 2 heteroatoms. The normalized spacial score (nSPS) is 12.9. The van der Waals surface area contributed by atoms with Crippen LogP contribution in [-0.2, 0) is 4.74 Å². The molecule has 0 saturated carbocycles. The second-order valence-electron chi connectivity index (χ2n) is 5.32. The minimum atomic E-state index is 0.00611. The first kappa shape index (κ1) is 13.9. The van der Waals surface area contributed by atoms with Gasteiger partial charge in [0.15, 0.2) is 0 Å². The molecular formula is C12H27NO. The first-order valence-corrected chi connectivity index (χ1v) is 5.71. The van der Waals surface area contributed by atoms with Crippen LogP contribution in [0.4, 0.5) is 0 Å². The molecule has 0 rings (SSSR count). The van der Waals surface area contributed by atoms with Gasteiger partial charge in [0.25, 0.3) is 0 Å². The molecule has 0 heterocycles. The van der Waals surface area contributed by atoms with Crippen molar-refractivity contribution in [2.75, 3.05) is 13.2 Å². The van der Waals surface area contributed by atoms with E-state index < -0.39 is 0 Å². The molecule has 0 atom stereocenters. The summed E-state index contributed by atoms with van der Waals surface area (Å²) in [6.45, 7) is 14.9. The van der Waals surface area contributed by atoms with Crippen molar-refractivity contribution in [3.05, 3.63) is 0 Å². The summed E-state index contributed by atoms with van der Waals surface area (Å²) < 4.78 is 5.83. The third kappa shape index (κ3) is 8.52. The monoisotopic (exact) mass is 201 g/mol. The predicted molar refractivity (Wildman–Crippen MR) is 62.6 cm³/mol. The van der Waals surface area contributed by atoms with Gasteiger partial charge in [0.2, 0.25) is 0 Å². The predicted octanol–water partition coefficient (Wildman–Crippen LogP) is 2.83. The molecule has 0 aromatic rings. The van der Waals surface area contributed by atoms with E-state index in [9.17, 15) is 0 Å². The van der Waals surface area contributed by atoms with Crippen molar-refractivity contribution in [2.24, 2.45) is 5.92 Å². The van der Waals surface area contributed by atoms with Crippen molar-refractivity contribution >= 4 is 0 Å². The third-order valence-electron chi connectivity index (χ3n) is 2.09. The van der Waals surface area contributed by atoms with E-state index in [1.807, 2.05) is 0 Å². The fourth-order valence-corrected chi connectivity index (χ4v) is 1.13. The highest BCUT2D eigenvalue weighted by Crippen LogP contribution is 2.15. The molecule has 1 N–H and O–H groups in total. The molecule has 0 aromatic heterocycles. The van der Waals surface area contributed by atoms with Crippen LogP contribution in [0.15, 0.2) is 0 Å². The molecule has 0 fully saturated rings. The molecule has 0 bridgehead atoms. The highest BCUT2D eigenvalue weighted by atomic mass is 16.5. The fraction of sp³-hybridized carbons (Fsp3) is 1.00. The molecule has 0 aliphatic rings. The molecule has 0 saturated heterocycles. The maximum absolute atomic E-state index is 5.83. The van der Waals surface area contributed by atoms with Crippen LogP contribution in [0.2, 0.25) is 0 Å². The highest BCUT2D eigenvalue weighted by molar-refractivity contribution is 4.71. The quantitative estimate of drug-likeness (QED) is 0.684. The zero-order valence-corrected chi connectivity index (χ0v) is 10.7. The van der Waals surface area contributed by atoms with Crippen LogP contribution in [0.1, 0.15) is 48.0 Å². The summed E-state index contributed by atoms with van der Waals surface area (Å²) in [4.78, 5) is 0. The molecule has 0 aliphatic carbocycles. The average molecular weight is 201 g/mol. The summed E-state index contributed by atoms with van der Waals surface area (Å²) in [5.41, 5.74) is 0.00611. The molecule has 0 spiro atoms. The minimum absolute atomic E-state index is 0.00611. The smallest absolute Gasteiger partial charge is 0.0638 e. The molecule has 0 unspecified atom stereocenters. The van der Waals surface area contributed by atoms with Crippen LogP contribution in [0.5, 0.6) is 0 Å². The molecule has 0 amide bonds. The summed E-state index contributed by atoms with van der Waals surface area (Å²) in [6.07, 6.45) is 1.07. The Balaban J connectivity index is 3.61. The lowest BCUT2D eigenvalue weighted by Gasteiger charge is -2.27. The van der Waals surface area contributed by atoms with Gasteiger partial charge in [-0.05, 0) is 32.7 Å². The summed E-state index contributed by atoms with van der Waals surface area (Å²) >= 11 is 0. The van der Waals surface area contributed by atoms with E-state index in [0.717, 1.165) is 19.6 Å². The lowest BCUT2D eigenvalue weighted by molar-refractivity contribution is -0.0356. The number of hydrogen-bond donors (Lipinski definition) is 1. The maximum atomic E-state index is 5.83. The summed E-state index contributed by atoms with van der Waals surface area (Å²) in [5, 5.41) is 3.41. The van der Waals surface area contributed by atoms with Gasteiger partial charge < -0.3 is 10.1 Å². The second kappa shape index (κ2) is 6.41. The molecule has 0 radical (unpaired) electrons. The Morgan fingerprint density at radius 3 is 2.14 bits per heavy atom. The highest BCUT2D eigenvalue weighted by Gasteiger charge is 2.18. The maximum Gasteiger partial charge on any atom is 0.0638 e. The van der Waals surface area contributed by atoms with E-state index in [1.54, 1.807) is 0 Å². The van der Waals surface area contributed by atoms with Crippen LogP contribution in [0.25, 0.3) is 0 Å². The van der Waals surface area contributed by atoms with Gasteiger partial charge in [0.1, 0.15) is 0 Å². The van der Waals surface area contributed by atoms with Gasteiger partial charge in [-0.25, -0.2) is 0 Å². The standard InChI is InChI=1S/C12H27NO/c1-10(2)9-14-12(5,6)7-8-13-11(3)4/h10-11,13H,7-9H2,1-6H3. The lowest BCUT2D eigenvalue weighted by Crippen LogP contribution is -2.33. The van der Waals surface area contributed by atoms with Gasteiger partial charge in [-0.2, -0.15) is 0 Å². The van der Waals surface area contributed by atoms with Gasteiger partial charge in [0, 0.05) is 12.6 Å². The van der Waals surface area contributed by atoms with Crippen molar-refractivity contribution in [1.82, 2.24) is 5.32 Å². The number of rotatable bonds is 7. The van der Waals surface area contributed by atoms with E-state index in [4.69, 9.17) is 4.74 Å². The average Bonchev–Trinajstić information content (AvgIpc) is 2.00. The molecule has 86 valence electrons. The van der Waals surface area contributed by atoms with Crippen LogP contribution >= 0.6 is 0 Å². The van der Waals surface area contributed by atoms with Crippen LogP contribution in [0.3, 0.4) is 0 Å². The first-order valence-electron chi connectivity index (χ1n) is 5.71. The third-order valence-corrected chi connectivity index (χ3v) is 2.09. The summed E-state index contributed by atoms with van der Waals surface area (Å²) in [5.74, 6) is 0.618. The van der Waals surface area contributed by atoms with Crippen molar-refractivity contribution in [3.63, 3.8) is 0 Å². The zero-order chi connectivity index (χ0) is 11.2. The molecule has 14 heavy (non-hydrogen) atoms. The Labute approximate surface area is 89.4 Å². The SMILES string of the molecule is CC(C)COC(C)(C)CCNC(C)C. The lowest BCUT2D eigenvalue weighted by atomic mass is 10.0. The van der Waals surface area contributed by atoms with Crippen LogP contribution in [0, 0.1) is 5.92 Å². The van der Waals surface area contributed by atoms with Crippen molar-refractivity contribution in [3.8, 4) is 0 Å². The molecule has 0 aliphatic heterocycles. The summed E-state index contributed by atoms with van der Waals surface area (Å²) in [6, 6.07) is 0.566. The number of ether oxygens (including phenoxy) is 1. The largest absolute Gasteiger partial charge is 0.375 e. The van der Waals surface area contributed by atoms with E-state index in [0.29, 0.717) is 12.0 Å². The zero-order valence-electron chi connectivity index (χ0n) is 10.7. The minimum Gasteiger partial charge on any atom is -0.375 e. The number of hydrogen-bond acceptors (Lipinski definition) is 2. The van der Waals surface area contributed by atoms with Crippen LogP contribution in [-0.4, -0.2) is 24.8 Å². The van der Waals surface area contributed by atoms with E-state index >= 15 is 0 Å². The van der Waals surface area contributed by atoms with Crippen molar-refractivity contribution in [2.45, 2.75) is 59.6 Å². The molecular weight excluding hydrogens is 174 g/mol. The Morgan fingerprint density at radius 2 is 1.71 bits per heavy atom. The number of nitrogens with one attached hydrogen (secondary N) is 1. The van der Waals surface area contributed by atoms with Gasteiger partial charge in [-0.3, -0.25) is 0 Å². The van der Waals surface area contributed by atoms with Crippen LogP contribution < -0.4 is 5.32 Å². The molecule has 2 nitrogen and oxygen atoms in total. The van der Waals surface area contributed by atoms with E-state index in [2.05, 4.69) is 46.9 Å². The fourth-order valence-electron chi connectivity index (χ4n) is 1.13. The van der Waals surface area contributed by atoms with Gasteiger partial charge >= 0.3 is 0 Å². The van der Waals surface area contributed by atoms with Gasteiger partial charge in [0.05, 0.1) is 5.60 Å². The Morgan fingerprint density at radius 1 is 1.14 bits per heavy atom. The van der Waals surface area contributed by atoms with E-state index in [1.165, 1.54) is 0 Å². The topological polar surface area (TPSA) is 21.3 Å². The second-order valence-corrected chi connectivity index (χ2v) is 5.32. The Hall–Kier alpha value is -0.0800. The van der Waals surface area contributed by atoms with Crippen molar-refractivity contribution < 1.29 is 4.74 Å².